The maximum absolute atomic E-state index is 11.6. The summed E-state index contributed by atoms with van der Waals surface area (Å²) < 4.78 is 0. The Hall–Kier alpha value is -2.08. The molecule has 0 aliphatic heterocycles. The van der Waals surface area contributed by atoms with Crippen molar-refractivity contribution in [1.29, 1.82) is 10.5 Å². The molecule has 0 spiro atoms. The third kappa shape index (κ3) is 2.14. The topological polar surface area (TPSA) is 122 Å². The molecule has 0 aliphatic rings. The molecule has 0 aromatic carbocycles. The van der Waals surface area contributed by atoms with Crippen LogP contribution >= 0.6 is 0 Å². The van der Waals surface area contributed by atoms with Gasteiger partial charge in [0.25, 0.3) is 0 Å². The summed E-state index contributed by atoms with van der Waals surface area (Å²) in [5, 5.41) is 36.6. The number of aliphatic carboxylic acids is 2. The summed E-state index contributed by atoms with van der Waals surface area (Å²) in [7, 11) is 0. The van der Waals surface area contributed by atoms with Crippen molar-refractivity contribution in [3.05, 3.63) is 0 Å². The molecule has 2 N–H and O–H groups in total. The molecule has 0 rings (SSSR count). The van der Waals surface area contributed by atoms with Crippen molar-refractivity contribution in [2.75, 3.05) is 0 Å². The van der Waals surface area contributed by atoms with E-state index in [2.05, 4.69) is 0 Å². The van der Waals surface area contributed by atoms with Crippen LogP contribution in [0.1, 0.15) is 34.1 Å². The number of carbonyl (C=O) groups is 2. The summed E-state index contributed by atoms with van der Waals surface area (Å²) in [4.78, 5) is 22.6. The van der Waals surface area contributed by atoms with E-state index in [1.165, 1.54) is 27.7 Å². The van der Waals surface area contributed by atoms with Gasteiger partial charge in [0.2, 0.25) is 0 Å². The summed E-state index contributed by atoms with van der Waals surface area (Å²) in [5.41, 5.74) is -5.00. The minimum Gasteiger partial charge on any atom is -0.481 e. The number of nitrogens with zero attached hydrogens (tertiary/aromatic N) is 2. The van der Waals surface area contributed by atoms with Crippen molar-refractivity contribution < 1.29 is 19.8 Å². The minimum atomic E-state index is -1.99. The molecule has 6 heteroatoms. The van der Waals surface area contributed by atoms with Crippen LogP contribution in [0.15, 0.2) is 0 Å². The zero-order valence-corrected chi connectivity index (χ0v) is 10.8. The lowest BCUT2D eigenvalue weighted by molar-refractivity contribution is -0.170. The van der Waals surface area contributed by atoms with E-state index in [0.29, 0.717) is 0 Å². The Morgan fingerprint density at radius 2 is 1.33 bits per heavy atom. The van der Waals surface area contributed by atoms with Crippen LogP contribution in [0.3, 0.4) is 0 Å². The van der Waals surface area contributed by atoms with Gasteiger partial charge in [-0.2, -0.15) is 10.5 Å². The molecule has 0 saturated heterocycles. The lowest BCUT2D eigenvalue weighted by atomic mass is 9.52. The molecule has 0 amide bonds. The first-order valence-electron chi connectivity index (χ1n) is 5.26. The molecule has 0 bridgehead atoms. The maximum Gasteiger partial charge on any atom is 0.313 e. The fourth-order valence-electron chi connectivity index (χ4n) is 2.25. The molecule has 6 nitrogen and oxygen atoms in total. The highest BCUT2D eigenvalue weighted by atomic mass is 16.4. The molecule has 0 saturated carbocycles. The van der Waals surface area contributed by atoms with Crippen molar-refractivity contribution in [2.45, 2.75) is 34.1 Å². The van der Waals surface area contributed by atoms with Gasteiger partial charge in [-0.25, -0.2) is 0 Å². The predicted molar refractivity (Wildman–Crippen MR) is 61.1 cm³/mol. The summed E-state index contributed by atoms with van der Waals surface area (Å²) >= 11 is 0. The molecule has 0 aromatic heterocycles. The normalized spacial score (nSPS) is 12.3. The highest BCUT2D eigenvalue weighted by Gasteiger charge is 2.62. The smallest absolute Gasteiger partial charge is 0.313 e. The number of rotatable bonds is 5. The lowest BCUT2D eigenvalue weighted by Crippen LogP contribution is -2.54. The van der Waals surface area contributed by atoms with E-state index in [4.69, 9.17) is 15.6 Å². The third-order valence-corrected chi connectivity index (χ3v) is 3.47. The highest BCUT2D eigenvalue weighted by molar-refractivity contribution is 5.84. The van der Waals surface area contributed by atoms with Gasteiger partial charge in [-0.3, -0.25) is 9.59 Å². The Bertz CT molecular complexity index is 426. The molecule has 98 valence electrons. The van der Waals surface area contributed by atoms with Crippen LogP contribution in [0, 0.1) is 38.9 Å². The number of hydrogen-bond donors (Lipinski definition) is 2. The van der Waals surface area contributed by atoms with Gasteiger partial charge in [0, 0.05) is 0 Å². The molecule has 0 aromatic rings. The first-order chi connectivity index (χ1) is 7.98. The SMILES string of the molecule is CC(C)(C#N)C(CC(=O)O)(C(=O)O)C(C)(C)C#N. The van der Waals surface area contributed by atoms with Crippen molar-refractivity contribution in [3.8, 4) is 12.1 Å². The summed E-state index contributed by atoms with van der Waals surface area (Å²) in [6.07, 6.45) is -0.788. The number of carboxylic acid groups (broad SMARTS) is 2. The van der Waals surface area contributed by atoms with Gasteiger partial charge < -0.3 is 10.2 Å². The number of hydrogen-bond acceptors (Lipinski definition) is 4. The minimum absolute atomic E-state index is 0.788. The molecule has 0 atom stereocenters. The van der Waals surface area contributed by atoms with Gasteiger partial charge in [0.15, 0.2) is 0 Å². The molecule has 0 fully saturated rings. The van der Waals surface area contributed by atoms with E-state index in [9.17, 15) is 14.7 Å². The van der Waals surface area contributed by atoms with Crippen molar-refractivity contribution >= 4 is 11.9 Å². The van der Waals surface area contributed by atoms with Crippen molar-refractivity contribution in [2.24, 2.45) is 16.2 Å². The van der Waals surface area contributed by atoms with Crippen LogP contribution in [0.2, 0.25) is 0 Å². The zero-order chi connectivity index (χ0) is 14.8. The summed E-state index contributed by atoms with van der Waals surface area (Å²) in [6.45, 7) is 5.35. The standard InChI is InChI=1S/C12H16N2O4/c1-10(2,6-13)12(9(17)18,5-8(15)16)11(3,4)7-14/h5H2,1-4H3,(H,15,16)(H,17,18). The second-order valence-corrected chi connectivity index (χ2v) is 5.25. The summed E-state index contributed by atoms with van der Waals surface area (Å²) in [5.74, 6) is -2.81. The molecule has 18 heavy (non-hydrogen) atoms. The van der Waals surface area contributed by atoms with Gasteiger partial charge in [0.1, 0.15) is 5.41 Å². The molecule has 0 heterocycles. The predicted octanol–water partition coefficient (Wildman–Crippen LogP) is 1.63. The largest absolute Gasteiger partial charge is 0.481 e. The van der Waals surface area contributed by atoms with Crippen LogP contribution in [0.4, 0.5) is 0 Å². The number of carboxylic acids is 2. The zero-order valence-electron chi connectivity index (χ0n) is 10.8. The molecular formula is C12H16N2O4. The van der Waals surface area contributed by atoms with Crippen LogP contribution in [0.25, 0.3) is 0 Å². The summed E-state index contributed by atoms with van der Waals surface area (Å²) in [6, 6.07) is 3.63. The monoisotopic (exact) mass is 252 g/mol. The fraction of sp³-hybridized carbons (Fsp3) is 0.667. The maximum atomic E-state index is 11.6. The average molecular weight is 252 g/mol. The van der Waals surface area contributed by atoms with E-state index in [1.807, 2.05) is 12.1 Å². The van der Waals surface area contributed by atoms with E-state index in [1.54, 1.807) is 0 Å². The molecule has 0 unspecified atom stereocenters. The quantitative estimate of drug-likeness (QED) is 0.766. The molecule has 0 radical (unpaired) electrons. The van der Waals surface area contributed by atoms with Gasteiger partial charge in [-0.05, 0) is 27.7 Å². The van der Waals surface area contributed by atoms with E-state index in [0.717, 1.165) is 0 Å². The van der Waals surface area contributed by atoms with Gasteiger partial charge >= 0.3 is 11.9 Å². The van der Waals surface area contributed by atoms with E-state index in [-0.39, 0.29) is 0 Å². The van der Waals surface area contributed by atoms with Gasteiger partial charge in [-0.15, -0.1) is 0 Å². The first-order valence-corrected chi connectivity index (χ1v) is 5.26. The van der Waals surface area contributed by atoms with E-state index < -0.39 is 34.6 Å². The average Bonchev–Trinajstić information content (AvgIpc) is 2.24. The second-order valence-electron chi connectivity index (χ2n) is 5.25. The van der Waals surface area contributed by atoms with Gasteiger partial charge in [0.05, 0.1) is 29.4 Å². The van der Waals surface area contributed by atoms with Crippen molar-refractivity contribution in [3.63, 3.8) is 0 Å². The molecular weight excluding hydrogens is 236 g/mol. The Morgan fingerprint density at radius 3 is 1.50 bits per heavy atom. The Morgan fingerprint density at radius 1 is 1.00 bits per heavy atom. The third-order valence-electron chi connectivity index (χ3n) is 3.47. The van der Waals surface area contributed by atoms with Crippen LogP contribution in [-0.2, 0) is 9.59 Å². The second kappa shape index (κ2) is 4.66. The Balaban J connectivity index is 6.30. The highest BCUT2D eigenvalue weighted by Crippen LogP contribution is 2.54. The van der Waals surface area contributed by atoms with E-state index >= 15 is 0 Å². The first kappa shape index (κ1) is 15.9. The lowest BCUT2D eigenvalue weighted by Gasteiger charge is -2.45. The van der Waals surface area contributed by atoms with Crippen LogP contribution in [0.5, 0.6) is 0 Å². The Kier molecular flexibility index (Phi) is 4.12. The fourth-order valence-corrected chi connectivity index (χ4v) is 2.25. The van der Waals surface area contributed by atoms with Crippen molar-refractivity contribution in [1.82, 2.24) is 0 Å². The number of nitriles is 2. The molecule has 0 aliphatic carbocycles. The van der Waals surface area contributed by atoms with Crippen LogP contribution < -0.4 is 0 Å². The van der Waals surface area contributed by atoms with Gasteiger partial charge in [-0.1, -0.05) is 0 Å². The van der Waals surface area contributed by atoms with Crippen LogP contribution in [-0.4, -0.2) is 22.2 Å². The Labute approximate surface area is 105 Å².